The third-order valence-corrected chi connectivity index (χ3v) is 28.1. The van der Waals surface area contributed by atoms with Gasteiger partial charge in [-0.15, -0.1) is 0 Å². The van der Waals surface area contributed by atoms with Gasteiger partial charge in [0.1, 0.15) is 0 Å². The molecule has 0 radical (unpaired) electrons. The quantitative estimate of drug-likeness (QED) is 0.200. The number of benzene rings is 1. The molecule has 1 aliphatic rings. The second-order valence-corrected chi connectivity index (χ2v) is 38.3. The minimum atomic E-state index is -2.26. The minimum absolute atomic E-state index is 0.0101. The Kier molecular flexibility index (Phi) is 13.1. The summed E-state index contributed by atoms with van der Waals surface area (Å²) >= 11 is -0.0101. The molecule has 0 spiro atoms. The van der Waals surface area contributed by atoms with E-state index in [0.717, 1.165) is 0 Å². The number of hydrogen-bond acceptors (Lipinski definition) is 5. The fourth-order valence-corrected chi connectivity index (χ4v) is 11.4. The summed E-state index contributed by atoms with van der Waals surface area (Å²) in [7, 11) is -8.81. The van der Waals surface area contributed by atoms with E-state index in [1.165, 1.54) is 4.46 Å². The van der Waals surface area contributed by atoms with Gasteiger partial charge in [-0.1, -0.05) is 0 Å². The monoisotopic (exact) mass is 746 g/mol. The van der Waals surface area contributed by atoms with Crippen molar-refractivity contribution in [2.45, 2.75) is 159 Å². The van der Waals surface area contributed by atoms with Crippen LogP contribution in [0.25, 0.3) is 0 Å². The normalized spacial score (nSPS) is 24.8. The molecule has 1 fully saturated rings. The zero-order valence-electron chi connectivity index (χ0n) is 31.2. The predicted octanol–water partition coefficient (Wildman–Crippen LogP) is 8.86. The first-order valence-electron chi connectivity index (χ1n) is 16.3. The molecule has 0 amide bonds. The Morgan fingerprint density at radius 2 is 1.14 bits per heavy atom. The van der Waals surface area contributed by atoms with Crippen molar-refractivity contribution in [1.29, 1.82) is 0 Å². The third-order valence-electron chi connectivity index (χ3n) is 10.4. The molecule has 0 aromatic heterocycles. The van der Waals surface area contributed by atoms with E-state index in [4.69, 9.17) is 22.4 Å². The molecule has 5 atom stereocenters. The molecule has 0 aliphatic carbocycles. The van der Waals surface area contributed by atoms with Gasteiger partial charge in [0.15, 0.2) is 0 Å². The number of rotatable bonds is 12. The van der Waals surface area contributed by atoms with Crippen LogP contribution in [0.3, 0.4) is 0 Å². The summed E-state index contributed by atoms with van der Waals surface area (Å²) in [5.41, 5.74) is 2.03. The molecule has 0 bridgehead atoms. The molecular formula is C34H66O5SeSi4. The van der Waals surface area contributed by atoms with Gasteiger partial charge in [-0.25, -0.2) is 0 Å². The fraction of sp³-hybridized carbons (Fsp3) is 0.765. The maximum absolute atomic E-state index is 7.50. The van der Waals surface area contributed by atoms with Crippen molar-refractivity contribution in [2.75, 3.05) is 6.61 Å². The first-order valence-corrected chi connectivity index (χ1v) is 29.9. The van der Waals surface area contributed by atoms with Crippen molar-refractivity contribution in [1.82, 2.24) is 0 Å². The van der Waals surface area contributed by atoms with Crippen LogP contribution in [0.2, 0.25) is 67.5 Å². The fourth-order valence-electron chi connectivity index (χ4n) is 4.08. The van der Waals surface area contributed by atoms with Gasteiger partial charge in [-0.05, 0) is 0 Å². The summed E-state index contributed by atoms with van der Waals surface area (Å²) in [4.78, 5) is 0. The molecule has 0 N–H and O–H groups in total. The molecule has 44 heavy (non-hydrogen) atoms. The van der Waals surface area contributed by atoms with Gasteiger partial charge in [0.05, 0.1) is 0 Å². The molecule has 1 aromatic carbocycles. The summed E-state index contributed by atoms with van der Waals surface area (Å²) in [5.74, 6) is 0. The van der Waals surface area contributed by atoms with E-state index >= 15 is 0 Å². The maximum atomic E-state index is 7.50. The van der Waals surface area contributed by atoms with Gasteiger partial charge in [0.25, 0.3) is 0 Å². The van der Waals surface area contributed by atoms with Crippen molar-refractivity contribution in [2.24, 2.45) is 0 Å². The summed E-state index contributed by atoms with van der Waals surface area (Å²) in [6.45, 7) is 43.8. The van der Waals surface area contributed by atoms with Crippen LogP contribution in [0, 0.1) is 0 Å². The summed E-state index contributed by atoms with van der Waals surface area (Å²) in [6, 6.07) is 10.7. The zero-order chi connectivity index (χ0) is 34.2. The van der Waals surface area contributed by atoms with Crippen molar-refractivity contribution >= 4 is 52.7 Å². The second kappa shape index (κ2) is 14.3. The van der Waals surface area contributed by atoms with Crippen LogP contribution in [0.5, 0.6) is 0 Å². The van der Waals surface area contributed by atoms with Gasteiger partial charge < -0.3 is 0 Å². The van der Waals surface area contributed by atoms with Crippen LogP contribution in [0.15, 0.2) is 42.6 Å². The molecule has 10 heteroatoms. The van der Waals surface area contributed by atoms with E-state index in [2.05, 4.69) is 152 Å². The zero-order valence-corrected chi connectivity index (χ0v) is 36.9. The average molecular weight is 746 g/mol. The molecule has 2 rings (SSSR count). The standard InChI is InChI=1S/C34H66O5SeSi4/c1-19-41(11,12)37-30-29(39-44(17,18)34(8,9)10)28(38-43(15,16)33(5,6)7)27(25-35-42(13,14)32(2,3)4)36-31(30)40-26-23-21-20-22-24-26/h19-24,27-31H,1,25H2,2-18H3/t27-,28-,29+,30-,31+/m1/s1. The summed E-state index contributed by atoms with van der Waals surface area (Å²) in [6.07, 6.45) is -1.13. The van der Waals surface area contributed by atoms with Crippen molar-refractivity contribution < 1.29 is 22.4 Å². The molecule has 254 valence electrons. The molecule has 1 heterocycles. The van der Waals surface area contributed by atoms with Crippen LogP contribution < -0.4 is 4.46 Å². The Morgan fingerprint density at radius 1 is 0.682 bits per heavy atom. The Morgan fingerprint density at radius 3 is 1.57 bits per heavy atom. The SMILES string of the molecule is C=C[Si](C)(C)O[C@@H]1[C@@H](O[Si](C)(C)C(C)(C)C)[C@H](O[Si](C)(C)C(C)(C)C)[C@@H](CO[Si](C)(C)C(C)(C)C)O[C@H]1[Se]c1ccccc1. The van der Waals surface area contributed by atoms with E-state index in [1.54, 1.807) is 0 Å². The Labute approximate surface area is 282 Å². The van der Waals surface area contributed by atoms with Gasteiger partial charge in [-0.3, -0.25) is 0 Å². The molecule has 5 nitrogen and oxygen atoms in total. The van der Waals surface area contributed by atoms with Crippen LogP contribution in [-0.4, -0.2) is 84.3 Å². The van der Waals surface area contributed by atoms with Crippen molar-refractivity contribution in [3.63, 3.8) is 0 Å². The summed E-state index contributed by atoms with van der Waals surface area (Å²) in [5, 5.41) is -0.0164. The molecule has 0 unspecified atom stereocenters. The van der Waals surface area contributed by atoms with E-state index < -0.39 is 33.3 Å². The Balaban J connectivity index is 2.79. The van der Waals surface area contributed by atoms with Crippen LogP contribution >= 0.6 is 0 Å². The van der Waals surface area contributed by atoms with E-state index in [9.17, 15) is 0 Å². The Bertz CT molecular complexity index is 1070. The first kappa shape index (κ1) is 40.3. The third kappa shape index (κ3) is 10.3. The van der Waals surface area contributed by atoms with Crippen LogP contribution in [-0.2, 0) is 22.4 Å². The topological polar surface area (TPSA) is 46.2 Å². The average Bonchev–Trinajstić information content (AvgIpc) is 2.84. The molecule has 1 aromatic rings. The molecule has 1 saturated heterocycles. The van der Waals surface area contributed by atoms with Gasteiger partial charge >= 0.3 is 284 Å². The van der Waals surface area contributed by atoms with E-state index in [-0.39, 0.29) is 59.5 Å². The van der Waals surface area contributed by atoms with Crippen LogP contribution in [0.1, 0.15) is 62.3 Å². The van der Waals surface area contributed by atoms with Crippen LogP contribution in [0.4, 0.5) is 0 Å². The van der Waals surface area contributed by atoms with Crippen molar-refractivity contribution in [3.05, 3.63) is 42.6 Å². The van der Waals surface area contributed by atoms with Crippen molar-refractivity contribution in [3.8, 4) is 0 Å². The molecular weight excluding hydrogens is 680 g/mol. The number of ether oxygens (including phenoxy) is 1. The molecule has 0 saturated carbocycles. The molecule has 1 aliphatic heterocycles. The van der Waals surface area contributed by atoms with Gasteiger partial charge in [0, 0.05) is 0 Å². The van der Waals surface area contributed by atoms with Gasteiger partial charge in [-0.2, -0.15) is 0 Å². The first-order chi connectivity index (χ1) is 19.6. The predicted molar refractivity (Wildman–Crippen MR) is 200 cm³/mol. The summed E-state index contributed by atoms with van der Waals surface area (Å²) < 4.78 is 37.5. The second-order valence-electron chi connectivity index (χ2n) is 17.6. The van der Waals surface area contributed by atoms with Gasteiger partial charge in [0.2, 0.25) is 0 Å². The Hall–Kier alpha value is 0.147. The number of hydrogen-bond donors (Lipinski definition) is 0. The van der Waals surface area contributed by atoms with E-state index in [1.807, 2.05) is 5.70 Å². The van der Waals surface area contributed by atoms with E-state index in [0.29, 0.717) is 6.61 Å².